The van der Waals surface area contributed by atoms with Crippen LogP contribution in [-0.2, 0) is 6.61 Å². The molecule has 0 saturated carbocycles. The SMILES string of the molecule is COc1cc(CO)cc(Cl)c1OCCCC(C)C. The van der Waals surface area contributed by atoms with Gasteiger partial charge in [0.25, 0.3) is 0 Å². The Hall–Kier alpha value is -0.930. The molecule has 0 fully saturated rings. The third-order valence-corrected chi connectivity index (χ3v) is 2.92. The van der Waals surface area contributed by atoms with Gasteiger partial charge in [-0.05, 0) is 36.5 Å². The third kappa shape index (κ3) is 4.39. The molecular weight excluding hydrogens is 252 g/mol. The molecule has 0 unspecified atom stereocenters. The second-order valence-corrected chi connectivity index (χ2v) is 5.06. The van der Waals surface area contributed by atoms with E-state index in [9.17, 15) is 0 Å². The second-order valence-electron chi connectivity index (χ2n) is 4.65. The Morgan fingerprint density at radius 3 is 2.61 bits per heavy atom. The Balaban J connectivity index is 2.69. The largest absolute Gasteiger partial charge is 0.493 e. The lowest BCUT2D eigenvalue weighted by Gasteiger charge is -2.14. The van der Waals surface area contributed by atoms with Crippen molar-refractivity contribution in [2.75, 3.05) is 13.7 Å². The minimum Gasteiger partial charge on any atom is -0.493 e. The standard InChI is InChI=1S/C14H21ClO3/c1-10(2)5-4-6-18-14-12(15)7-11(9-16)8-13(14)17-3/h7-8,10,16H,4-6,9H2,1-3H3. The maximum Gasteiger partial charge on any atom is 0.179 e. The van der Waals surface area contributed by atoms with Gasteiger partial charge in [0, 0.05) is 0 Å². The van der Waals surface area contributed by atoms with Crippen LogP contribution in [0.1, 0.15) is 32.3 Å². The quantitative estimate of drug-likeness (QED) is 0.770. The maximum atomic E-state index is 9.09. The molecule has 4 heteroatoms. The van der Waals surface area contributed by atoms with E-state index in [-0.39, 0.29) is 6.61 Å². The smallest absolute Gasteiger partial charge is 0.179 e. The van der Waals surface area contributed by atoms with Gasteiger partial charge in [-0.2, -0.15) is 0 Å². The van der Waals surface area contributed by atoms with Crippen LogP contribution in [0, 0.1) is 5.92 Å². The van der Waals surface area contributed by atoms with Crippen LogP contribution in [0.4, 0.5) is 0 Å². The lowest BCUT2D eigenvalue weighted by Crippen LogP contribution is -2.02. The molecule has 0 aliphatic rings. The molecule has 1 rings (SSSR count). The van der Waals surface area contributed by atoms with Crippen molar-refractivity contribution in [2.45, 2.75) is 33.3 Å². The second kappa shape index (κ2) is 7.49. The summed E-state index contributed by atoms with van der Waals surface area (Å²) < 4.78 is 10.9. The van der Waals surface area contributed by atoms with E-state index in [1.807, 2.05) is 0 Å². The van der Waals surface area contributed by atoms with Crippen LogP contribution < -0.4 is 9.47 Å². The van der Waals surface area contributed by atoms with Gasteiger partial charge in [-0.25, -0.2) is 0 Å². The average Bonchev–Trinajstić information content (AvgIpc) is 2.34. The highest BCUT2D eigenvalue weighted by Gasteiger charge is 2.11. The van der Waals surface area contributed by atoms with Crippen molar-refractivity contribution in [3.8, 4) is 11.5 Å². The van der Waals surface area contributed by atoms with Gasteiger partial charge in [0.15, 0.2) is 11.5 Å². The van der Waals surface area contributed by atoms with Crippen molar-refractivity contribution in [2.24, 2.45) is 5.92 Å². The first kappa shape index (κ1) is 15.1. The molecule has 0 amide bonds. The van der Waals surface area contributed by atoms with E-state index in [0.29, 0.717) is 34.6 Å². The Morgan fingerprint density at radius 2 is 2.06 bits per heavy atom. The fourth-order valence-corrected chi connectivity index (χ4v) is 1.96. The van der Waals surface area contributed by atoms with Crippen LogP contribution in [0.15, 0.2) is 12.1 Å². The summed E-state index contributed by atoms with van der Waals surface area (Å²) in [5.41, 5.74) is 0.714. The van der Waals surface area contributed by atoms with Crippen LogP contribution in [0.5, 0.6) is 11.5 Å². The summed E-state index contributed by atoms with van der Waals surface area (Å²) in [5, 5.41) is 9.57. The van der Waals surface area contributed by atoms with Gasteiger partial charge in [0.1, 0.15) is 0 Å². The van der Waals surface area contributed by atoms with Gasteiger partial charge in [-0.3, -0.25) is 0 Å². The monoisotopic (exact) mass is 272 g/mol. The number of rotatable bonds is 7. The van der Waals surface area contributed by atoms with Crippen LogP contribution in [0.3, 0.4) is 0 Å². The molecule has 0 bridgehead atoms. The van der Waals surface area contributed by atoms with Crippen molar-refractivity contribution < 1.29 is 14.6 Å². The molecule has 102 valence electrons. The fourth-order valence-electron chi connectivity index (χ4n) is 1.67. The number of aliphatic hydroxyl groups is 1. The van der Waals surface area contributed by atoms with Crippen molar-refractivity contribution in [3.63, 3.8) is 0 Å². The minimum atomic E-state index is -0.0658. The zero-order chi connectivity index (χ0) is 13.5. The zero-order valence-electron chi connectivity index (χ0n) is 11.2. The van der Waals surface area contributed by atoms with Crippen molar-refractivity contribution in [1.82, 2.24) is 0 Å². The van der Waals surface area contributed by atoms with E-state index in [1.165, 1.54) is 0 Å². The summed E-state index contributed by atoms with van der Waals surface area (Å²) in [6.45, 7) is 4.92. The molecule has 0 saturated heterocycles. The van der Waals surface area contributed by atoms with Gasteiger partial charge in [0.2, 0.25) is 0 Å². The number of methoxy groups -OCH3 is 1. The highest BCUT2D eigenvalue weighted by atomic mass is 35.5. The molecule has 0 aliphatic carbocycles. The predicted molar refractivity (Wildman–Crippen MR) is 73.5 cm³/mol. The third-order valence-electron chi connectivity index (χ3n) is 2.64. The topological polar surface area (TPSA) is 38.7 Å². The van der Waals surface area contributed by atoms with E-state index in [0.717, 1.165) is 12.8 Å². The Morgan fingerprint density at radius 1 is 1.33 bits per heavy atom. The number of hydrogen-bond donors (Lipinski definition) is 1. The number of ether oxygens (including phenoxy) is 2. The van der Waals surface area contributed by atoms with E-state index >= 15 is 0 Å². The molecule has 0 aromatic heterocycles. The van der Waals surface area contributed by atoms with Crippen LogP contribution >= 0.6 is 11.6 Å². The van der Waals surface area contributed by atoms with Crippen molar-refractivity contribution in [1.29, 1.82) is 0 Å². The first-order chi connectivity index (χ1) is 8.58. The number of halogens is 1. The first-order valence-electron chi connectivity index (χ1n) is 6.18. The molecule has 0 radical (unpaired) electrons. The van der Waals surface area contributed by atoms with Gasteiger partial charge in [-0.15, -0.1) is 0 Å². The Bertz CT molecular complexity index is 378. The van der Waals surface area contributed by atoms with Gasteiger partial charge < -0.3 is 14.6 Å². The summed E-state index contributed by atoms with van der Waals surface area (Å²) in [6, 6.07) is 3.44. The molecule has 1 aromatic rings. The number of benzene rings is 1. The molecular formula is C14H21ClO3. The highest BCUT2D eigenvalue weighted by Crippen LogP contribution is 2.36. The summed E-state index contributed by atoms with van der Waals surface area (Å²) in [6.07, 6.45) is 2.10. The van der Waals surface area contributed by atoms with Crippen LogP contribution in [0.25, 0.3) is 0 Å². The number of aliphatic hydroxyl groups excluding tert-OH is 1. The molecule has 0 spiro atoms. The summed E-state index contributed by atoms with van der Waals surface area (Å²) in [5.74, 6) is 1.79. The molecule has 1 N–H and O–H groups in total. The number of hydrogen-bond acceptors (Lipinski definition) is 3. The molecule has 0 atom stereocenters. The summed E-state index contributed by atoms with van der Waals surface area (Å²) in [7, 11) is 1.56. The molecule has 0 heterocycles. The molecule has 18 heavy (non-hydrogen) atoms. The summed E-state index contributed by atoms with van der Waals surface area (Å²) >= 11 is 6.12. The van der Waals surface area contributed by atoms with Crippen LogP contribution in [0.2, 0.25) is 5.02 Å². The lowest BCUT2D eigenvalue weighted by molar-refractivity contribution is 0.272. The molecule has 0 aliphatic heterocycles. The summed E-state index contributed by atoms with van der Waals surface area (Å²) in [4.78, 5) is 0. The normalized spacial score (nSPS) is 10.8. The average molecular weight is 273 g/mol. The lowest BCUT2D eigenvalue weighted by atomic mass is 10.1. The zero-order valence-corrected chi connectivity index (χ0v) is 12.0. The van der Waals surface area contributed by atoms with E-state index < -0.39 is 0 Å². The first-order valence-corrected chi connectivity index (χ1v) is 6.56. The van der Waals surface area contributed by atoms with Gasteiger partial charge >= 0.3 is 0 Å². The van der Waals surface area contributed by atoms with Gasteiger partial charge in [-0.1, -0.05) is 25.4 Å². The minimum absolute atomic E-state index is 0.0658. The van der Waals surface area contributed by atoms with Crippen molar-refractivity contribution >= 4 is 11.6 Å². The predicted octanol–water partition coefficient (Wildman–Crippen LogP) is 3.66. The molecule has 1 aromatic carbocycles. The molecule has 3 nitrogen and oxygen atoms in total. The van der Waals surface area contributed by atoms with Crippen molar-refractivity contribution in [3.05, 3.63) is 22.7 Å². The van der Waals surface area contributed by atoms with E-state index in [4.69, 9.17) is 26.2 Å². The van der Waals surface area contributed by atoms with Gasteiger partial charge in [0.05, 0.1) is 25.3 Å². The van der Waals surface area contributed by atoms with E-state index in [2.05, 4.69) is 13.8 Å². The van der Waals surface area contributed by atoms with E-state index in [1.54, 1.807) is 19.2 Å². The highest BCUT2D eigenvalue weighted by molar-refractivity contribution is 6.32. The Kier molecular flexibility index (Phi) is 6.30. The van der Waals surface area contributed by atoms with Crippen LogP contribution in [-0.4, -0.2) is 18.8 Å². The Labute approximate surface area is 114 Å². The fraction of sp³-hybridized carbons (Fsp3) is 0.571. The maximum absolute atomic E-state index is 9.09.